The Labute approximate surface area is 198 Å². The second kappa shape index (κ2) is 10.6. The van der Waals surface area contributed by atoms with Crippen molar-refractivity contribution in [2.75, 3.05) is 29.9 Å². The van der Waals surface area contributed by atoms with Gasteiger partial charge < -0.3 is 15.5 Å². The van der Waals surface area contributed by atoms with Crippen LogP contribution in [-0.4, -0.2) is 31.4 Å². The van der Waals surface area contributed by atoms with Crippen molar-refractivity contribution in [3.05, 3.63) is 58.7 Å². The van der Waals surface area contributed by atoms with Crippen LogP contribution >= 0.6 is 0 Å². The van der Waals surface area contributed by atoms with Crippen molar-refractivity contribution in [3.8, 4) is 0 Å². The van der Waals surface area contributed by atoms with E-state index in [2.05, 4.69) is 10.6 Å². The molecule has 2 aromatic rings. The lowest BCUT2D eigenvalue weighted by Crippen LogP contribution is -2.33. The minimum atomic E-state index is -5.07. The number of halogens is 6. The molecule has 3 rings (SSSR count). The van der Waals surface area contributed by atoms with Crippen LogP contribution < -0.4 is 15.5 Å². The zero-order valence-electron chi connectivity index (χ0n) is 18.9. The molecule has 1 heterocycles. The second-order valence-corrected chi connectivity index (χ2v) is 8.28. The summed E-state index contributed by atoms with van der Waals surface area (Å²) in [7, 11) is 0. The molecule has 1 saturated heterocycles. The molecule has 35 heavy (non-hydrogen) atoms. The maximum atomic E-state index is 13.1. The van der Waals surface area contributed by atoms with Crippen molar-refractivity contribution in [2.45, 2.75) is 45.0 Å². The molecule has 1 aliphatic heterocycles. The lowest BCUT2D eigenvalue weighted by Gasteiger charge is -2.30. The van der Waals surface area contributed by atoms with E-state index in [4.69, 9.17) is 0 Å². The first-order chi connectivity index (χ1) is 16.4. The molecule has 190 valence electrons. The molecule has 1 aliphatic rings. The molecule has 2 N–H and O–H groups in total. The van der Waals surface area contributed by atoms with Crippen molar-refractivity contribution >= 4 is 23.2 Å². The Morgan fingerprint density at radius 2 is 1.46 bits per heavy atom. The van der Waals surface area contributed by atoms with E-state index in [1.165, 1.54) is 12.1 Å². The number of amides is 2. The van der Waals surface area contributed by atoms with Gasteiger partial charge in [0.1, 0.15) is 0 Å². The van der Waals surface area contributed by atoms with Gasteiger partial charge in [0.15, 0.2) is 0 Å². The predicted molar refractivity (Wildman–Crippen MR) is 120 cm³/mol. The topological polar surface area (TPSA) is 61.4 Å². The second-order valence-electron chi connectivity index (χ2n) is 8.28. The first kappa shape index (κ1) is 26.4. The van der Waals surface area contributed by atoms with Gasteiger partial charge >= 0.3 is 12.4 Å². The minimum Gasteiger partial charge on any atom is -0.371 e. The van der Waals surface area contributed by atoms with Gasteiger partial charge in [0.2, 0.25) is 0 Å². The molecule has 2 aromatic carbocycles. The fourth-order valence-electron chi connectivity index (χ4n) is 3.83. The van der Waals surface area contributed by atoms with Crippen LogP contribution in [0.2, 0.25) is 0 Å². The van der Waals surface area contributed by atoms with Gasteiger partial charge in [-0.05, 0) is 62.1 Å². The Morgan fingerprint density at radius 3 is 2.00 bits per heavy atom. The zero-order chi connectivity index (χ0) is 25.8. The van der Waals surface area contributed by atoms with Gasteiger partial charge in [0.05, 0.1) is 16.7 Å². The van der Waals surface area contributed by atoms with E-state index in [0.717, 1.165) is 32.4 Å². The van der Waals surface area contributed by atoms with Crippen LogP contribution in [0.15, 0.2) is 36.4 Å². The molecule has 0 aromatic heterocycles. The van der Waals surface area contributed by atoms with Gasteiger partial charge in [-0.1, -0.05) is 6.92 Å². The Kier molecular flexibility index (Phi) is 7.97. The summed E-state index contributed by atoms with van der Waals surface area (Å²) in [6, 6.07) is 5.15. The minimum absolute atomic E-state index is 0.0413. The number of alkyl halides is 6. The Balaban J connectivity index is 1.94. The number of anilines is 2. The summed E-state index contributed by atoms with van der Waals surface area (Å²) >= 11 is 0. The van der Waals surface area contributed by atoms with Crippen LogP contribution in [0.1, 0.15) is 64.4 Å². The monoisotopic (exact) mass is 501 g/mol. The smallest absolute Gasteiger partial charge is 0.371 e. The van der Waals surface area contributed by atoms with E-state index in [0.29, 0.717) is 30.8 Å². The molecule has 0 unspecified atom stereocenters. The number of nitrogens with one attached hydrogen (secondary N) is 2. The van der Waals surface area contributed by atoms with Crippen molar-refractivity contribution in [2.24, 2.45) is 0 Å². The number of carbonyl (C=O) groups excluding carboxylic acids is 2. The van der Waals surface area contributed by atoms with Crippen LogP contribution in [0.4, 0.5) is 37.7 Å². The molecule has 1 fully saturated rings. The molecule has 11 heteroatoms. The number of nitrogens with zero attached hydrogens (tertiary/aromatic N) is 1. The van der Waals surface area contributed by atoms with Gasteiger partial charge in [-0.2, -0.15) is 26.3 Å². The quantitative estimate of drug-likeness (QED) is 0.470. The first-order valence-corrected chi connectivity index (χ1v) is 11.2. The SMILES string of the molecule is CCCNC(=O)c1cc(NC(=O)c2cc(C(F)(F)F)cc(C(F)(F)F)c2)ccc1N1CCCCC1. The number of piperidine rings is 1. The summed E-state index contributed by atoms with van der Waals surface area (Å²) in [5.41, 5.74) is -2.99. The van der Waals surface area contributed by atoms with Crippen molar-refractivity contribution in [1.29, 1.82) is 0 Å². The number of carbonyl (C=O) groups is 2. The first-order valence-electron chi connectivity index (χ1n) is 11.2. The molecule has 0 saturated carbocycles. The van der Waals surface area contributed by atoms with Crippen molar-refractivity contribution in [1.82, 2.24) is 5.32 Å². The van der Waals surface area contributed by atoms with Crippen LogP contribution in [0.5, 0.6) is 0 Å². The molecule has 2 amide bonds. The predicted octanol–water partition coefficient (Wildman–Crippen LogP) is 6.11. The number of benzene rings is 2. The molecule has 0 bridgehead atoms. The Bertz CT molecular complexity index is 1040. The highest BCUT2D eigenvalue weighted by Crippen LogP contribution is 2.36. The molecule has 0 spiro atoms. The molecule has 5 nitrogen and oxygen atoms in total. The fraction of sp³-hybridized carbons (Fsp3) is 0.417. The summed E-state index contributed by atoms with van der Waals surface area (Å²) in [4.78, 5) is 27.5. The van der Waals surface area contributed by atoms with Crippen LogP contribution in [-0.2, 0) is 12.4 Å². The van der Waals surface area contributed by atoms with Gasteiger partial charge in [0, 0.05) is 36.6 Å². The van der Waals surface area contributed by atoms with Crippen molar-refractivity contribution < 1.29 is 35.9 Å². The van der Waals surface area contributed by atoms with E-state index in [1.54, 1.807) is 6.07 Å². The van der Waals surface area contributed by atoms with Gasteiger partial charge in [-0.25, -0.2) is 0 Å². The summed E-state index contributed by atoms with van der Waals surface area (Å²) < 4.78 is 78.9. The van der Waals surface area contributed by atoms with Gasteiger partial charge in [-0.3, -0.25) is 9.59 Å². The molecular formula is C24H25F6N3O2. The number of hydrogen-bond donors (Lipinski definition) is 2. The zero-order valence-corrected chi connectivity index (χ0v) is 18.9. The lowest BCUT2D eigenvalue weighted by atomic mass is 10.0. The molecule has 0 radical (unpaired) electrons. The Morgan fingerprint density at radius 1 is 0.857 bits per heavy atom. The standard InChI is InChI=1S/C24H25F6N3O2/c1-2-8-31-22(35)19-14-18(6-7-20(19)33-9-4-3-5-10-33)32-21(34)15-11-16(23(25,26)27)13-17(12-15)24(28,29)30/h6-7,11-14H,2-5,8-10H2,1H3,(H,31,35)(H,32,34). The third kappa shape index (κ3) is 6.67. The highest BCUT2D eigenvalue weighted by atomic mass is 19.4. The molecular weight excluding hydrogens is 476 g/mol. The largest absolute Gasteiger partial charge is 0.416 e. The lowest BCUT2D eigenvalue weighted by molar-refractivity contribution is -0.143. The molecule has 0 atom stereocenters. The maximum absolute atomic E-state index is 13.1. The summed E-state index contributed by atoms with van der Waals surface area (Å²) in [6.07, 6.45) is -6.48. The highest BCUT2D eigenvalue weighted by Gasteiger charge is 2.37. The summed E-state index contributed by atoms with van der Waals surface area (Å²) in [5, 5.41) is 5.09. The maximum Gasteiger partial charge on any atom is 0.416 e. The van der Waals surface area contributed by atoms with E-state index < -0.39 is 35.0 Å². The average Bonchev–Trinajstić information content (AvgIpc) is 2.81. The third-order valence-electron chi connectivity index (χ3n) is 5.58. The van der Waals surface area contributed by atoms with Crippen LogP contribution in [0, 0.1) is 0 Å². The van der Waals surface area contributed by atoms with Crippen LogP contribution in [0.3, 0.4) is 0 Å². The van der Waals surface area contributed by atoms with E-state index in [-0.39, 0.29) is 23.2 Å². The average molecular weight is 501 g/mol. The third-order valence-corrected chi connectivity index (χ3v) is 5.58. The molecule has 0 aliphatic carbocycles. The number of hydrogen-bond acceptors (Lipinski definition) is 3. The van der Waals surface area contributed by atoms with E-state index >= 15 is 0 Å². The van der Waals surface area contributed by atoms with Gasteiger partial charge in [-0.15, -0.1) is 0 Å². The normalized spacial score (nSPS) is 14.5. The summed E-state index contributed by atoms with van der Waals surface area (Å²) in [5.74, 6) is -1.55. The number of rotatable bonds is 6. The van der Waals surface area contributed by atoms with Crippen LogP contribution in [0.25, 0.3) is 0 Å². The summed E-state index contributed by atoms with van der Waals surface area (Å²) in [6.45, 7) is 3.78. The fourth-order valence-corrected chi connectivity index (χ4v) is 3.83. The van der Waals surface area contributed by atoms with Crippen molar-refractivity contribution in [3.63, 3.8) is 0 Å². The van der Waals surface area contributed by atoms with E-state index in [9.17, 15) is 35.9 Å². The van der Waals surface area contributed by atoms with E-state index in [1.807, 2.05) is 11.8 Å². The van der Waals surface area contributed by atoms with Gasteiger partial charge in [0.25, 0.3) is 11.8 Å². The highest BCUT2D eigenvalue weighted by molar-refractivity contribution is 6.06. The Hall–Kier alpha value is -3.24.